The number of para-hydroxylation sites is 3. The smallest absolute Gasteiger partial charge is 0.227 e. The summed E-state index contributed by atoms with van der Waals surface area (Å²) >= 11 is 0. The van der Waals surface area contributed by atoms with Crippen LogP contribution in [-0.2, 0) is 0 Å². The van der Waals surface area contributed by atoms with Gasteiger partial charge in [0.15, 0.2) is 0 Å². The van der Waals surface area contributed by atoms with Gasteiger partial charge < -0.3 is 9.32 Å². The van der Waals surface area contributed by atoms with Crippen molar-refractivity contribution in [2.45, 2.75) is 0 Å². The molecular weight excluding hydrogens is 560 g/mol. The molecule has 0 aliphatic rings. The number of hydrogen-bond acceptors (Lipinski definition) is 3. The Morgan fingerprint density at radius 1 is 0.435 bits per heavy atom. The molecule has 2 aromatic heterocycles. The normalized spacial score (nSPS) is 11.5. The summed E-state index contributed by atoms with van der Waals surface area (Å²) in [5, 5.41) is 5.65. The fraction of sp³-hybridized carbons (Fsp3) is 0. The monoisotopic (exact) mass is 588 g/mol. The lowest BCUT2D eigenvalue weighted by molar-refractivity contribution is 0.656. The van der Waals surface area contributed by atoms with Crippen LogP contribution >= 0.6 is 0 Å². The lowest BCUT2D eigenvalue weighted by Crippen LogP contribution is -2.12. The van der Waals surface area contributed by atoms with Crippen LogP contribution in [0.2, 0.25) is 0 Å². The largest absolute Gasteiger partial charge is 0.438 e. The van der Waals surface area contributed by atoms with Gasteiger partial charge in [-0.2, -0.15) is 0 Å². The number of anilines is 3. The van der Waals surface area contributed by atoms with Crippen molar-refractivity contribution < 1.29 is 4.42 Å². The quantitative estimate of drug-likeness (QED) is 0.200. The van der Waals surface area contributed by atoms with Gasteiger partial charge in [-0.05, 0) is 63.9 Å². The number of furan rings is 1. The molecule has 0 fully saturated rings. The summed E-state index contributed by atoms with van der Waals surface area (Å²) in [5.41, 5.74) is 10.2. The molecule has 3 heteroatoms. The Hall–Kier alpha value is -6.19. The van der Waals surface area contributed by atoms with Crippen LogP contribution in [0, 0.1) is 0 Å². The average Bonchev–Trinajstić information content (AvgIpc) is 3.49. The summed E-state index contributed by atoms with van der Waals surface area (Å²) in [7, 11) is 0. The van der Waals surface area contributed by atoms with E-state index in [1.54, 1.807) is 0 Å². The molecule has 3 nitrogen and oxygen atoms in total. The molecule has 9 rings (SSSR count). The Morgan fingerprint density at radius 3 is 1.96 bits per heavy atom. The lowest BCUT2D eigenvalue weighted by Gasteiger charge is -2.28. The Kier molecular flexibility index (Phi) is 6.14. The van der Waals surface area contributed by atoms with Gasteiger partial charge >= 0.3 is 0 Å². The van der Waals surface area contributed by atoms with E-state index in [0.717, 1.165) is 55.4 Å². The van der Waals surface area contributed by atoms with Gasteiger partial charge in [-0.25, -0.2) is 4.98 Å². The minimum atomic E-state index is 0.642. The Labute approximate surface area is 266 Å². The summed E-state index contributed by atoms with van der Waals surface area (Å²) in [6, 6.07) is 59.9. The van der Waals surface area contributed by atoms with Crippen LogP contribution in [0.1, 0.15) is 0 Å². The molecule has 46 heavy (non-hydrogen) atoms. The second-order valence-electron chi connectivity index (χ2n) is 11.6. The summed E-state index contributed by atoms with van der Waals surface area (Å²) in [6.07, 6.45) is 0. The summed E-state index contributed by atoms with van der Waals surface area (Å²) in [5.74, 6) is 0. The lowest BCUT2D eigenvalue weighted by atomic mass is 9.97. The molecule has 0 N–H and O–H groups in total. The molecule has 0 aliphatic carbocycles. The number of hydrogen-bond donors (Lipinski definition) is 0. The van der Waals surface area contributed by atoms with E-state index in [-0.39, 0.29) is 0 Å². The van der Waals surface area contributed by atoms with Crippen LogP contribution in [0.4, 0.5) is 17.1 Å². The van der Waals surface area contributed by atoms with Crippen LogP contribution in [0.15, 0.2) is 174 Å². The molecule has 0 saturated heterocycles. The predicted molar refractivity (Wildman–Crippen MR) is 192 cm³/mol. The summed E-state index contributed by atoms with van der Waals surface area (Å²) < 4.78 is 6.27. The van der Waals surface area contributed by atoms with Gasteiger partial charge in [0.25, 0.3) is 0 Å². The molecule has 0 bridgehead atoms. The van der Waals surface area contributed by atoms with E-state index in [4.69, 9.17) is 9.40 Å². The van der Waals surface area contributed by atoms with E-state index in [1.165, 1.54) is 21.9 Å². The fourth-order valence-electron chi connectivity index (χ4n) is 6.71. The summed E-state index contributed by atoms with van der Waals surface area (Å²) in [6.45, 7) is 0. The molecule has 0 radical (unpaired) electrons. The van der Waals surface area contributed by atoms with Crippen LogP contribution in [0.25, 0.3) is 66.0 Å². The number of nitrogens with zero attached hydrogens (tertiary/aromatic N) is 2. The van der Waals surface area contributed by atoms with Gasteiger partial charge in [-0.1, -0.05) is 133 Å². The molecule has 9 aromatic rings. The van der Waals surface area contributed by atoms with E-state index in [0.29, 0.717) is 5.71 Å². The number of benzene rings is 7. The molecule has 7 aromatic carbocycles. The second-order valence-corrected chi connectivity index (χ2v) is 11.6. The molecule has 0 unspecified atom stereocenters. The van der Waals surface area contributed by atoms with Gasteiger partial charge in [0.1, 0.15) is 5.58 Å². The van der Waals surface area contributed by atoms with E-state index in [2.05, 4.69) is 157 Å². The molecule has 0 aliphatic heterocycles. The number of rotatable bonds is 5. The first-order valence-corrected chi connectivity index (χ1v) is 15.6. The molecule has 216 valence electrons. The highest BCUT2D eigenvalue weighted by Crippen LogP contribution is 2.44. The van der Waals surface area contributed by atoms with Gasteiger partial charge in [0.2, 0.25) is 5.71 Å². The first-order valence-electron chi connectivity index (χ1n) is 15.6. The van der Waals surface area contributed by atoms with Gasteiger partial charge in [0.05, 0.1) is 16.9 Å². The highest BCUT2D eigenvalue weighted by molar-refractivity contribution is 6.10. The number of pyridine rings is 1. The first-order chi connectivity index (χ1) is 22.8. The van der Waals surface area contributed by atoms with E-state index >= 15 is 0 Å². The minimum absolute atomic E-state index is 0.642. The van der Waals surface area contributed by atoms with Crippen molar-refractivity contribution in [3.05, 3.63) is 170 Å². The van der Waals surface area contributed by atoms with Gasteiger partial charge in [-0.3, -0.25) is 0 Å². The maximum Gasteiger partial charge on any atom is 0.227 e. The third-order valence-corrected chi connectivity index (χ3v) is 8.87. The van der Waals surface area contributed by atoms with Crippen molar-refractivity contribution in [2.75, 3.05) is 4.90 Å². The standard InChI is InChI=1S/C43H28N2O/c1-2-12-30(13-3-1)36-18-6-8-21-39(36)45(33-26-24-31(25-27-33)35-20-10-15-29-14-4-5-17-34(29)35)40-22-11-16-32-28-38-37-19-7-9-23-41(37)46-43(38)44-42(32)40/h1-28H. The molecule has 0 amide bonds. The average molecular weight is 589 g/mol. The van der Waals surface area contributed by atoms with Crippen molar-refractivity contribution in [1.29, 1.82) is 0 Å². The van der Waals surface area contributed by atoms with Crippen LogP contribution in [-0.4, -0.2) is 4.98 Å². The molecule has 0 saturated carbocycles. The Balaban J connectivity index is 1.27. The topological polar surface area (TPSA) is 29.3 Å². The van der Waals surface area contributed by atoms with Crippen molar-refractivity contribution in [1.82, 2.24) is 4.98 Å². The SMILES string of the molecule is c1ccc(-c2ccccc2N(c2ccc(-c3cccc4ccccc34)cc2)c2cccc3cc4c(nc23)oc2ccccc24)cc1. The highest BCUT2D eigenvalue weighted by atomic mass is 16.3. The zero-order chi connectivity index (χ0) is 30.5. The Morgan fingerprint density at radius 2 is 1.07 bits per heavy atom. The molecular formula is C43H28N2O. The van der Waals surface area contributed by atoms with Crippen molar-refractivity contribution in [3.63, 3.8) is 0 Å². The zero-order valence-corrected chi connectivity index (χ0v) is 25.0. The van der Waals surface area contributed by atoms with Gasteiger partial charge in [0, 0.05) is 27.4 Å². The van der Waals surface area contributed by atoms with E-state index in [9.17, 15) is 0 Å². The first kappa shape index (κ1) is 26.2. The van der Waals surface area contributed by atoms with Crippen molar-refractivity contribution in [3.8, 4) is 22.3 Å². The maximum atomic E-state index is 6.27. The second kappa shape index (κ2) is 10.8. The molecule has 0 atom stereocenters. The van der Waals surface area contributed by atoms with E-state index < -0.39 is 0 Å². The third-order valence-electron chi connectivity index (χ3n) is 8.87. The van der Waals surface area contributed by atoms with Crippen molar-refractivity contribution in [2.24, 2.45) is 0 Å². The van der Waals surface area contributed by atoms with Crippen LogP contribution in [0.5, 0.6) is 0 Å². The third kappa shape index (κ3) is 4.33. The number of aromatic nitrogens is 1. The van der Waals surface area contributed by atoms with Crippen molar-refractivity contribution >= 4 is 60.8 Å². The minimum Gasteiger partial charge on any atom is -0.438 e. The van der Waals surface area contributed by atoms with Crippen LogP contribution < -0.4 is 4.90 Å². The van der Waals surface area contributed by atoms with E-state index in [1.807, 2.05) is 18.2 Å². The molecule has 2 heterocycles. The predicted octanol–water partition coefficient (Wildman–Crippen LogP) is 12.1. The maximum absolute atomic E-state index is 6.27. The fourth-order valence-corrected chi connectivity index (χ4v) is 6.71. The zero-order valence-electron chi connectivity index (χ0n) is 25.0. The molecule has 0 spiro atoms. The number of fused-ring (bicyclic) bond motifs is 5. The van der Waals surface area contributed by atoms with Crippen LogP contribution in [0.3, 0.4) is 0 Å². The summed E-state index contributed by atoms with van der Waals surface area (Å²) in [4.78, 5) is 7.51. The Bertz CT molecular complexity index is 2530. The van der Waals surface area contributed by atoms with Gasteiger partial charge in [-0.15, -0.1) is 0 Å². The highest BCUT2D eigenvalue weighted by Gasteiger charge is 2.21.